The molecule has 0 unspecified atom stereocenters. The number of pyridine rings is 1. The highest BCUT2D eigenvalue weighted by atomic mass is 19.2. The fraction of sp³-hybridized carbons (Fsp3) is 0.368. The lowest BCUT2D eigenvalue weighted by molar-refractivity contribution is -0.117. The van der Waals surface area contributed by atoms with Crippen molar-refractivity contribution in [2.75, 3.05) is 45.1 Å². The van der Waals surface area contributed by atoms with Crippen LogP contribution in [0.25, 0.3) is 11.1 Å². The van der Waals surface area contributed by atoms with Gasteiger partial charge in [-0.25, -0.2) is 13.8 Å². The van der Waals surface area contributed by atoms with Crippen LogP contribution in [-0.4, -0.2) is 60.5 Å². The summed E-state index contributed by atoms with van der Waals surface area (Å²) in [5.41, 5.74) is 0.597. The van der Waals surface area contributed by atoms with Crippen molar-refractivity contribution in [2.24, 2.45) is 0 Å². The van der Waals surface area contributed by atoms with Crippen LogP contribution < -0.4 is 5.32 Å². The summed E-state index contributed by atoms with van der Waals surface area (Å²) in [4.78, 5) is 20.7. The number of aromatic nitrogens is 1. The Hall–Kier alpha value is -2.38. The highest BCUT2D eigenvalue weighted by molar-refractivity contribution is 5.91. The van der Waals surface area contributed by atoms with Crippen LogP contribution in [0.15, 0.2) is 36.5 Å². The van der Waals surface area contributed by atoms with Crippen molar-refractivity contribution >= 4 is 11.7 Å². The number of carbonyl (C=O) groups is 1. The number of anilines is 1. The predicted octanol–water partition coefficient (Wildman–Crippen LogP) is 2.60. The van der Waals surface area contributed by atoms with Crippen LogP contribution in [0.5, 0.6) is 0 Å². The van der Waals surface area contributed by atoms with Crippen LogP contribution in [0.4, 0.5) is 14.6 Å². The molecular formula is C19H22F2N4O. The van der Waals surface area contributed by atoms with Crippen LogP contribution >= 0.6 is 0 Å². The second-order valence-corrected chi connectivity index (χ2v) is 6.51. The summed E-state index contributed by atoms with van der Waals surface area (Å²) in [5.74, 6) is -1.55. The summed E-state index contributed by atoms with van der Waals surface area (Å²) in [6.45, 7) is 4.05. The van der Waals surface area contributed by atoms with Crippen LogP contribution in [-0.2, 0) is 4.79 Å². The zero-order valence-electron chi connectivity index (χ0n) is 14.7. The molecule has 1 aliphatic heterocycles. The second kappa shape index (κ2) is 8.33. The Balaban J connectivity index is 1.60. The molecule has 1 N–H and O–H groups in total. The molecule has 26 heavy (non-hydrogen) atoms. The molecular weight excluding hydrogens is 338 g/mol. The number of hydrogen-bond donors (Lipinski definition) is 1. The van der Waals surface area contributed by atoms with Gasteiger partial charge in [-0.05, 0) is 44.8 Å². The summed E-state index contributed by atoms with van der Waals surface area (Å²) in [5, 5.41) is 2.75. The van der Waals surface area contributed by atoms with E-state index in [0.717, 1.165) is 38.7 Å². The van der Waals surface area contributed by atoms with Gasteiger partial charge >= 0.3 is 0 Å². The van der Waals surface area contributed by atoms with Gasteiger partial charge in [-0.15, -0.1) is 0 Å². The fourth-order valence-corrected chi connectivity index (χ4v) is 3.00. The summed E-state index contributed by atoms with van der Waals surface area (Å²) < 4.78 is 27.2. The maximum Gasteiger partial charge on any atom is 0.239 e. The van der Waals surface area contributed by atoms with E-state index in [9.17, 15) is 13.6 Å². The molecule has 2 aromatic rings. The van der Waals surface area contributed by atoms with Gasteiger partial charge in [0.2, 0.25) is 5.91 Å². The van der Waals surface area contributed by atoms with Crippen molar-refractivity contribution in [2.45, 2.75) is 6.42 Å². The van der Waals surface area contributed by atoms with Crippen molar-refractivity contribution in [1.29, 1.82) is 0 Å². The first-order valence-electron chi connectivity index (χ1n) is 8.64. The average molecular weight is 360 g/mol. The van der Waals surface area contributed by atoms with Crippen LogP contribution in [0.3, 0.4) is 0 Å². The molecule has 0 saturated carbocycles. The van der Waals surface area contributed by atoms with E-state index < -0.39 is 11.6 Å². The minimum absolute atomic E-state index is 0.133. The first-order valence-corrected chi connectivity index (χ1v) is 8.64. The molecule has 0 atom stereocenters. The van der Waals surface area contributed by atoms with E-state index in [0.29, 0.717) is 17.9 Å². The Labute approximate surface area is 151 Å². The van der Waals surface area contributed by atoms with E-state index in [1.165, 1.54) is 18.3 Å². The summed E-state index contributed by atoms with van der Waals surface area (Å²) in [7, 11) is 2.08. The Kier molecular flexibility index (Phi) is 5.90. The van der Waals surface area contributed by atoms with E-state index >= 15 is 0 Å². The monoisotopic (exact) mass is 360 g/mol. The van der Waals surface area contributed by atoms with E-state index in [2.05, 4.69) is 27.1 Å². The minimum Gasteiger partial charge on any atom is -0.310 e. The van der Waals surface area contributed by atoms with Crippen molar-refractivity contribution in [1.82, 2.24) is 14.8 Å². The third-order valence-corrected chi connectivity index (χ3v) is 4.47. The number of carbonyl (C=O) groups excluding carboxylic acids is 1. The van der Waals surface area contributed by atoms with Crippen LogP contribution in [0.1, 0.15) is 6.42 Å². The van der Waals surface area contributed by atoms with Gasteiger partial charge in [0.1, 0.15) is 5.82 Å². The molecule has 1 fully saturated rings. The molecule has 0 radical (unpaired) electrons. The smallest absolute Gasteiger partial charge is 0.239 e. The van der Waals surface area contributed by atoms with E-state index in [-0.39, 0.29) is 11.5 Å². The van der Waals surface area contributed by atoms with Crippen molar-refractivity contribution in [3.05, 3.63) is 48.2 Å². The Bertz CT molecular complexity index is 767. The van der Waals surface area contributed by atoms with Crippen molar-refractivity contribution in [3.8, 4) is 11.1 Å². The average Bonchev–Trinajstić information content (AvgIpc) is 2.82. The first-order chi connectivity index (χ1) is 12.5. The lowest BCUT2D eigenvalue weighted by atomic mass is 10.1. The SMILES string of the molecule is CN1CCCN(CC(=O)Nc2ccc(-c3cccc(F)c3F)cn2)CC1. The standard InChI is InChI=1S/C19H22F2N4O/c1-24-8-3-9-25(11-10-24)13-18(26)23-17-7-6-14(12-22-17)15-4-2-5-16(20)19(15)21/h2,4-7,12H,3,8-11,13H2,1H3,(H,22,23,26). The molecule has 0 spiro atoms. The minimum atomic E-state index is -0.905. The summed E-state index contributed by atoms with van der Waals surface area (Å²) >= 11 is 0. The topological polar surface area (TPSA) is 48.5 Å². The largest absolute Gasteiger partial charge is 0.310 e. The predicted molar refractivity (Wildman–Crippen MR) is 96.8 cm³/mol. The quantitative estimate of drug-likeness (QED) is 0.911. The van der Waals surface area contributed by atoms with Gasteiger partial charge in [-0.1, -0.05) is 12.1 Å². The maximum absolute atomic E-state index is 13.8. The zero-order valence-corrected chi connectivity index (χ0v) is 14.7. The third-order valence-electron chi connectivity index (χ3n) is 4.47. The lowest BCUT2D eigenvalue weighted by Crippen LogP contribution is -2.36. The zero-order chi connectivity index (χ0) is 18.5. The number of nitrogens with one attached hydrogen (secondary N) is 1. The Morgan fingerprint density at radius 1 is 1.15 bits per heavy atom. The number of nitrogens with zero attached hydrogens (tertiary/aromatic N) is 3. The molecule has 0 aliphatic carbocycles. The number of likely N-dealkylation sites (N-methyl/N-ethyl adjacent to an activating group) is 1. The first kappa shape index (κ1) is 18.4. The van der Waals surface area contributed by atoms with Gasteiger partial charge in [0, 0.05) is 30.4 Å². The second-order valence-electron chi connectivity index (χ2n) is 6.51. The molecule has 1 saturated heterocycles. The van der Waals surface area contributed by atoms with Gasteiger partial charge < -0.3 is 10.2 Å². The van der Waals surface area contributed by atoms with Gasteiger partial charge in [0.25, 0.3) is 0 Å². The third kappa shape index (κ3) is 4.62. The Morgan fingerprint density at radius 3 is 2.77 bits per heavy atom. The van der Waals surface area contributed by atoms with E-state index in [4.69, 9.17) is 0 Å². The number of rotatable bonds is 4. The highest BCUT2D eigenvalue weighted by Crippen LogP contribution is 2.24. The maximum atomic E-state index is 13.8. The van der Waals surface area contributed by atoms with Crippen molar-refractivity contribution in [3.63, 3.8) is 0 Å². The van der Waals surface area contributed by atoms with Gasteiger partial charge in [-0.2, -0.15) is 0 Å². The lowest BCUT2D eigenvalue weighted by Gasteiger charge is -2.19. The van der Waals surface area contributed by atoms with Crippen molar-refractivity contribution < 1.29 is 13.6 Å². The molecule has 1 amide bonds. The molecule has 138 valence electrons. The molecule has 2 heterocycles. The highest BCUT2D eigenvalue weighted by Gasteiger charge is 2.15. The molecule has 5 nitrogen and oxygen atoms in total. The number of hydrogen-bond acceptors (Lipinski definition) is 4. The number of halogens is 2. The number of benzene rings is 1. The Morgan fingerprint density at radius 2 is 2.00 bits per heavy atom. The number of amides is 1. The molecule has 7 heteroatoms. The molecule has 0 bridgehead atoms. The normalized spacial score (nSPS) is 16.3. The van der Waals surface area contributed by atoms with Crippen LogP contribution in [0.2, 0.25) is 0 Å². The summed E-state index contributed by atoms with van der Waals surface area (Å²) in [6, 6.07) is 7.21. The van der Waals surface area contributed by atoms with Crippen LogP contribution in [0, 0.1) is 11.6 Å². The van der Waals surface area contributed by atoms with E-state index in [1.807, 2.05) is 0 Å². The van der Waals surface area contributed by atoms with Gasteiger partial charge in [-0.3, -0.25) is 9.69 Å². The molecule has 1 aromatic heterocycles. The fourth-order valence-electron chi connectivity index (χ4n) is 3.00. The van der Waals surface area contributed by atoms with Gasteiger partial charge in [0.05, 0.1) is 6.54 Å². The summed E-state index contributed by atoms with van der Waals surface area (Å²) in [6.07, 6.45) is 2.46. The molecule has 3 rings (SSSR count). The van der Waals surface area contributed by atoms with E-state index in [1.54, 1.807) is 12.1 Å². The molecule has 1 aliphatic rings. The van der Waals surface area contributed by atoms with Gasteiger partial charge in [0.15, 0.2) is 11.6 Å². The molecule has 1 aromatic carbocycles.